The fourth-order valence-corrected chi connectivity index (χ4v) is 3.04. The van der Waals surface area contributed by atoms with Gasteiger partial charge in [0.25, 0.3) is 11.8 Å². The first-order valence-corrected chi connectivity index (χ1v) is 13.6. The van der Waals surface area contributed by atoms with E-state index >= 15 is 0 Å². The molecule has 0 radical (unpaired) electrons. The van der Waals surface area contributed by atoms with E-state index in [-0.39, 0.29) is 32.3 Å². The Morgan fingerprint density at radius 1 is 1.10 bits per heavy atom. The molecule has 0 aromatic rings. The number of hydrogen-bond donors (Lipinski definition) is 1. The minimum absolute atomic E-state index is 0.0164. The number of alkyl carbamates (subject to hydrolysis) is 1. The third-order valence-corrected chi connectivity index (χ3v) is 5.61. The molecular weight excluding hydrogens is 412 g/mol. The highest BCUT2D eigenvalue weighted by atomic mass is 28.3. The third-order valence-electron chi connectivity index (χ3n) is 3.90. The van der Waals surface area contributed by atoms with Gasteiger partial charge in [0.1, 0.15) is 11.6 Å². The van der Waals surface area contributed by atoms with Crippen LogP contribution in [0.25, 0.3) is 0 Å². The van der Waals surface area contributed by atoms with Gasteiger partial charge in [-0.1, -0.05) is 19.6 Å². The van der Waals surface area contributed by atoms with Gasteiger partial charge in [0.2, 0.25) is 0 Å². The molecule has 0 aromatic heterocycles. The average Bonchev–Trinajstić information content (AvgIpc) is 2.87. The minimum atomic E-state index is -1.39. The van der Waals surface area contributed by atoms with Gasteiger partial charge in [-0.25, -0.2) is 14.4 Å². The summed E-state index contributed by atoms with van der Waals surface area (Å²) < 4.78 is 10.4. The lowest BCUT2D eigenvalue weighted by atomic mass is 10.1. The maximum absolute atomic E-state index is 12.4. The molecule has 0 aliphatic carbocycles. The number of amides is 3. The Labute approximate surface area is 177 Å². The number of carbonyl (C=O) groups excluding carboxylic acids is 5. The standard InChI is InChI=1S/C19H32N2O8Si/c1-19(2,3)28-17(25)13(20-18(26)27-11-12-30(4,5)6)7-10-16(24)29-21-14(22)8-9-15(21)23/h13H,7-12H2,1-6H3,(H,20,26)/t13-/m1/s1. The van der Waals surface area contributed by atoms with Crippen LogP contribution < -0.4 is 5.32 Å². The second kappa shape index (κ2) is 10.6. The molecule has 11 heteroatoms. The van der Waals surface area contributed by atoms with Gasteiger partial charge in [-0.15, -0.1) is 5.06 Å². The second-order valence-electron chi connectivity index (χ2n) is 9.26. The molecule has 1 rings (SSSR count). The predicted molar refractivity (Wildman–Crippen MR) is 109 cm³/mol. The van der Waals surface area contributed by atoms with Crippen molar-refractivity contribution >= 4 is 37.9 Å². The summed E-state index contributed by atoms with van der Waals surface area (Å²) in [6, 6.07) is -0.386. The summed E-state index contributed by atoms with van der Waals surface area (Å²) in [6.07, 6.45) is -1.29. The van der Waals surface area contributed by atoms with Gasteiger partial charge in [0.15, 0.2) is 0 Å². The lowest BCUT2D eigenvalue weighted by molar-refractivity contribution is -0.197. The van der Waals surface area contributed by atoms with Crippen molar-refractivity contribution < 1.29 is 38.3 Å². The Balaban J connectivity index is 2.65. The molecule has 30 heavy (non-hydrogen) atoms. The zero-order valence-electron chi connectivity index (χ0n) is 18.5. The molecule has 0 saturated carbocycles. The molecule has 0 aromatic carbocycles. The third kappa shape index (κ3) is 9.86. The molecule has 1 N–H and O–H groups in total. The van der Waals surface area contributed by atoms with Crippen LogP contribution >= 0.6 is 0 Å². The average molecular weight is 445 g/mol. The lowest BCUT2D eigenvalue weighted by Crippen LogP contribution is -2.45. The van der Waals surface area contributed by atoms with Gasteiger partial charge < -0.3 is 19.6 Å². The van der Waals surface area contributed by atoms with E-state index < -0.39 is 49.6 Å². The number of esters is 1. The fourth-order valence-electron chi connectivity index (χ4n) is 2.32. The van der Waals surface area contributed by atoms with Crippen molar-refractivity contribution in [2.45, 2.75) is 83.8 Å². The van der Waals surface area contributed by atoms with Crippen molar-refractivity contribution in [3.63, 3.8) is 0 Å². The zero-order chi connectivity index (χ0) is 23.1. The number of ether oxygens (including phenoxy) is 2. The van der Waals surface area contributed by atoms with Crippen LogP contribution in [0.3, 0.4) is 0 Å². The number of imide groups is 1. The molecule has 1 aliphatic heterocycles. The maximum Gasteiger partial charge on any atom is 0.407 e. The second-order valence-corrected chi connectivity index (χ2v) is 14.9. The summed E-state index contributed by atoms with van der Waals surface area (Å²) in [4.78, 5) is 64.3. The summed E-state index contributed by atoms with van der Waals surface area (Å²) in [7, 11) is -1.39. The van der Waals surface area contributed by atoms with E-state index in [4.69, 9.17) is 14.3 Å². The normalized spacial score (nSPS) is 15.6. The van der Waals surface area contributed by atoms with Crippen LogP contribution in [-0.4, -0.2) is 61.2 Å². The lowest BCUT2D eigenvalue weighted by Gasteiger charge is -2.24. The van der Waals surface area contributed by atoms with Crippen molar-refractivity contribution in [3.05, 3.63) is 0 Å². The molecule has 1 aliphatic rings. The summed E-state index contributed by atoms with van der Waals surface area (Å²) >= 11 is 0. The summed E-state index contributed by atoms with van der Waals surface area (Å²) in [6.45, 7) is 11.7. The van der Waals surface area contributed by atoms with Crippen molar-refractivity contribution in [2.24, 2.45) is 0 Å². The van der Waals surface area contributed by atoms with Crippen LogP contribution in [-0.2, 0) is 33.5 Å². The van der Waals surface area contributed by atoms with Crippen molar-refractivity contribution in [2.75, 3.05) is 6.61 Å². The first-order chi connectivity index (χ1) is 13.7. The number of nitrogens with zero attached hydrogens (tertiary/aromatic N) is 1. The van der Waals surface area contributed by atoms with Gasteiger partial charge in [0.05, 0.1) is 13.0 Å². The summed E-state index contributed by atoms with van der Waals surface area (Å²) in [5.41, 5.74) is -0.798. The Kier molecular flexibility index (Phi) is 9.01. The number of hydroxylamine groups is 2. The summed E-state index contributed by atoms with van der Waals surface area (Å²) in [5.74, 6) is -2.80. The number of carbonyl (C=O) groups is 5. The molecule has 0 bridgehead atoms. The molecule has 0 unspecified atom stereocenters. The van der Waals surface area contributed by atoms with Gasteiger partial charge >= 0.3 is 18.0 Å². The Morgan fingerprint density at radius 2 is 1.67 bits per heavy atom. The monoisotopic (exact) mass is 444 g/mol. The number of rotatable bonds is 9. The van der Waals surface area contributed by atoms with Crippen LogP contribution in [0.15, 0.2) is 0 Å². The maximum atomic E-state index is 12.4. The largest absolute Gasteiger partial charge is 0.458 e. The molecule has 3 amide bonds. The molecule has 0 spiro atoms. The molecule has 1 fully saturated rings. The van der Waals surface area contributed by atoms with Crippen LogP contribution in [0.5, 0.6) is 0 Å². The fraction of sp³-hybridized carbons (Fsp3) is 0.737. The predicted octanol–water partition coefficient (Wildman–Crippen LogP) is 2.15. The highest BCUT2D eigenvalue weighted by Crippen LogP contribution is 2.15. The highest BCUT2D eigenvalue weighted by molar-refractivity contribution is 6.76. The number of hydrogen-bond acceptors (Lipinski definition) is 8. The Bertz CT molecular complexity index is 665. The summed E-state index contributed by atoms with van der Waals surface area (Å²) in [5, 5.41) is 2.85. The van der Waals surface area contributed by atoms with E-state index in [9.17, 15) is 24.0 Å². The van der Waals surface area contributed by atoms with Crippen molar-refractivity contribution in [1.29, 1.82) is 0 Å². The topological polar surface area (TPSA) is 128 Å². The highest BCUT2D eigenvalue weighted by Gasteiger charge is 2.34. The van der Waals surface area contributed by atoms with E-state index in [0.29, 0.717) is 5.06 Å². The smallest absolute Gasteiger partial charge is 0.407 e. The molecule has 10 nitrogen and oxygen atoms in total. The van der Waals surface area contributed by atoms with Crippen LogP contribution in [0, 0.1) is 0 Å². The van der Waals surface area contributed by atoms with Crippen molar-refractivity contribution in [1.82, 2.24) is 10.4 Å². The van der Waals surface area contributed by atoms with Crippen LogP contribution in [0.4, 0.5) is 4.79 Å². The Morgan fingerprint density at radius 3 is 2.17 bits per heavy atom. The van der Waals surface area contributed by atoms with Gasteiger partial charge in [-0.2, -0.15) is 0 Å². The zero-order valence-corrected chi connectivity index (χ0v) is 19.5. The van der Waals surface area contributed by atoms with Crippen LogP contribution in [0.2, 0.25) is 25.7 Å². The van der Waals surface area contributed by atoms with Gasteiger partial charge in [-0.3, -0.25) is 9.59 Å². The quantitative estimate of drug-likeness (QED) is 0.325. The first kappa shape index (κ1) is 25.6. The SMILES string of the molecule is CC(C)(C)OC(=O)[C@@H](CCC(=O)ON1C(=O)CCC1=O)NC(=O)OCC[Si](C)(C)C. The number of nitrogens with one attached hydrogen (secondary N) is 1. The molecular formula is C19H32N2O8Si. The molecule has 1 atom stereocenters. The van der Waals surface area contributed by atoms with Gasteiger partial charge in [-0.05, 0) is 33.2 Å². The van der Waals surface area contributed by atoms with Crippen molar-refractivity contribution in [3.8, 4) is 0 Å². The van der Waals surface area contributed by atoms with E-state index in [2.05, 4.69) is 25.0 Å². The van der Waals surface area contributed by atoms with E-state index in [0.717, 1.165) is 6.04 Å². The molecule has 1 heterocycles. The molecule has 1 saturated heterocycles. The van der Waals surface area contributed by atoms with Gasteiger partial charge in [0, 0.05) is 20.9 Å². The Hall–Kier alpha value is -2.43. The van der Waals surface area contributed by atoms with E-state index in [1.165, 1.54) is 0 Å². The van der Waals surface area contributed by atoms with E-state index in [1.807, 2.05) is 0 Å². The van der Waals surface area contributed by atoms with Crippen LogP contribution in [0.1, 0.15) is 46.5 Å². The molecule has 170 valence electrons. The van der Waals surface area contributed by atoms with E-state index in [1.54, 1.807) is 20.8 Å². The minimum Gasteiger partial charge on any atom is -0.458 e. The first-order valence-electron chi connectivity index (χ1n) is 9.91.